The zero-order valence-electron chi connectivity index (χ0n) is 9.77. The molecule has 1 heterocycles. The van der Waals surface area contributed by atoms with Crippen LogP contribution in [0.1, 0.15) is 11.1 Å². The van der Waals surface area contributed by atoms with Gasteiger partial charge in [0.2, 0.25) is 5.95 Å². The first kappa shape index (κ1) is 11.9. The molecule has 3 N–H and O–H groups in total. The smallest absolute Gasteiger partial charge is 0.238 e. The van der Waals surface area contributed by atoms with Crippen LogP contribution >= 0.6 is 11.8 Å². The van der Waals surface area contributed by atoms with Gasteiger partial charge < -0.3 is 0 Å². The van der Waals surface area contributed by atoms with E-state index in [-0.39, 0.29) is 0 Å². The molecule has 17 heavy (non-hydrogen) atoms. The van der Waals surface area contributed by atoms with Crippen molar-refractivity contribution in [3.63, 3.8) is 0 Å². The summed E-state index contributed by atoms with van der Waals surface area (Å²) in [5.74, 6) is 5.74. The van der Waals surface area contributed by atoms with Gasteiger partial charge in [-0.25, -0.2) is 15.8 Å². The molecule has 2 rings (SSSR count). The molecule has 88 valence electrons. The van der Waals surface area contributed by atoms with E-state index in [1.54, 1.807) is 18.0 Å². The number of aryl methyl sites for hydroxylation is 2. The second-order valence-corrected chi connectivity index (χ2v) is 4.72. The fraction of sp³-hybridized carbons (Fsp3) is 0.167. The van der Waals surface area contributed by atoms with Crippen LogP contribution in [0.15, 0.2) is 40.4 Å². The average Bonchev–Trinajstić information content (AvgIpc) is 2.35. The highest BCUT2D eigenvalue weighted by atomic mass is 32.2. The monoisotopic (exact) mass is 246 g/mol. The van der Waals surface area contributed by atoms with Gasteiger partial charge in [-0.2, -0.15) is 0 Å². The summed E-state index contributed by atoms with van der Waals surface area (Å²) in [6, 6.07) is 8.21. The number of anilines is 1. The number of aromatic nitrogens is 2. The summed E-state index contributed by atoms with van der Waals surface area (Å²) < 4.78 is 0. The number of rotatable bonds is 3. The van der Waals surface area contributed by atoms with Crippen molar-refractivity contribution in [2.75, 3.05) is 5.43 Å². The zero-order chi connectivity index (χ0) is 12.3. The van der Waals surface area contributed by atoms with Crippen LogP contribution < -0.4 is 11.3 Å². The Balaban J connectivity index is 2.32. The van der Waals surface area contributed by atoms with E-state index < -0.39 is 0 Å². The molecule has 0 aliphatic rings. The lowest BCUT2D eigenvalue weighted by Crippen LogP contribution is -2.10. The third-order valence-corrected chi connectivity index (χ3v) is 3.64. The van der Waals surface area contributed by atoms with Crippen LogP contribution in [0.3, 0.4) is 0 Å². The maximum atomic E-state index is 5.31. The molecule has 2 aromatic rings. The number of benzene rings is 1. The molecule has 0 aliphatic heterocycles. The molecule has 0 atom stereocenters. The Morgan fingerprint density at radius 1 is 1.18 bits per heavy atom. The summed E-state index contributed by atoms with van der Waals surface area (Å²) in [7, 11) is 0. The molecule has 0 saturated carbocycles. The number of nitrogens with one attached hydrogen (secondary N) is 1. The van der Waals surface area contributed by atoms with Crippen molar-refractivity contribution in [3.05, 3.63) is 41.6 Å². The van der Waals surface area contributed by atoms with E-state index in [0.29, 0.717) is 5.95 Å². The van der Waals surface area contributed by atoms with Crippen molar-refractivity contribution >= 4 is 17.7 Å². The molecule has 0 amide bonds. The third-order valence-electron chi connectivity index (χ3n) is 2.35. The molecule has 5 heteroatoms. The standard InChI is InChI=1S/C12H14N4S/c1-8-5-3-4-6-10(8)17-11-9(2)7-14-12(15-11)16-13/h3-7H,13H2,1-2H3,(H,14,15,16). The van der Waals surface area contributed by atoms with E-state index in [1.807, 2.05) is 19.1 Å². The molecular weight excluding hydrogens is 232 g/mol. The van der Waals surface area contributed by atoms with Gasteiger partial charge in [0.15, 0.2) is 0 Å². The molecule has 0 fully saturated rings. The molecule has 1 aromatic carbocycles. The lowest BCUT2D eigenvalue weighted by atomic mass is 10.2. The first-order valence-corrected chi connectivity index (χ1v) is 6.06. The Labute approximate surface area is 105 Å². The summed E-state index contributed by atoms with van der Waals surface area (Å²) in [4.78, 5) is 9.60. The van der Waals surface area contributed by atoms with Crippen molar-refractivity contribution < 1.29 is 0 Å². The second kappa shape index (κ2) is 5.16. The Bertz CT molecular complexity index is 528. The molecular formula is C12H14N4S. The first-order chi connectivity index (χ1) is 8.20. The van der Waals surface area contributed by atoms with Crippen LogP contribution in [0.4, 0.5) is 5.95 Å². The SMILES string of the molecule is Cc1ccccc1Sc1nc(NN)ncc1C. The highest BCUT2D eigenvalue weighted by Crippen LogP contribution is 2.30. The van der Waals surface area contributed by atoms with E-state index in [2.05, 4.69) is 34.5 Å². The molecule has 0 spiro atoms. The van der Waals surface area contributed by atoms with Gasteiger partial charge in [0.1, 0.15) is 5.03 Å². The summed E-state index contributed by atoms with van der Waals surface area (Å²) in [6.45, 7) is 4.07. The van der Waals surface area contributed by atoms with Gasteiger partial charge in [-0.3, -0.25) is 5.43 Å². The number of hydrazine groups is 1. The van der Waals surface area contributed by atoms with Gasteiger partial charge in [0, 0.05) is 16.7 Å². The summed E-state index contributed by atoms with van der Waals surface area (Å²) in [5, 5.41) is 0.919. The highest BCUT2D eigenvalue weighted by Gasteiger charge is 2.06. The molecule has 0 bridgehead atoms. The summed E-state index contributed by atoms with van der Waals surface area (Å²) >= 11 is 1.62. The van der Waals surface area contributed by atoms with Gasteiger partial charge >= 0.3 is 0 Å². The van der Waals surface area contributed by atoms with Crippen LogP contribution in [0.5, 0.6) is 0 Å². The normalized spacial score (nSPS) is 10.3. The van der Waals surface area contributed by atoms with E-state index in [9.17, 15) is 0 Å². The minimum Gasteiger partial charge on any atom is -0.292 e. The Hall–Kier alpha value is -1.59. The van der Waals surface area contributed by atoms with Crippen molar-refractivity contribution in [2.45, 2.75) is 23.8 Å². The van der Waals surface area contributed by atoms with E-state index in [1.165, 1.54) is 10.5 Å². The second-order valence-electron chi connectivity index (χ2n) is 3.69. The number of hydrogen-bond donors (Lipinski definition) is 2. The number of hydrogen-bond acceptors (Lipinski definition) is 5. The molecule has 1 aromatic heterocycles. The largest absolute Gasteiger partial charge is 0.292 e. The van der Waals surface area contributed by atoms with Crippen molar-refractivity contribution in [1.82, 2.24) is 9.97 Å². The van der Waals surface area contributed by atoms with E-state index in [4.69, 9.17) is 5.84 Å². The lowest BCUT2D eigenvalue weighted by Gasteiger charge is -2.08. The minimum atomic E-state index is 0.437. The molecule has 0 radical (unpaired) electrons. The molecule has 0 aliphatic carbocycles. The number of nitrogens with zero attached hydrogens (tertiary/aromatic N) is 2. The first-order valence-electron chi connectivity index (χ1n) is 5.24. The Morgan fingerprint density at radius 3 is 2.65 bits per heavy atom. The highest BCUT2D eigenvalue weighted by molar-refractivity contribution is 7.99. The number of nitrogen functional groups attached to an aromatic ring is 1. The van der Waals surface area contributed by atoms with E-state index >= 15 is 0 Å². The van der Waals surface area contributed by atoms with Crippen LogP contribution in [-0.4, -0.2) is 9.97 Å². The third kappa shape index (κ3) is 2.75. The van der Waals surface area contributed by atoms with Crippen molar-refractivity contribution in [1.29, 1.82) is 0 Å². The van der Waals surface area contributed by atoms with Gasteiger partial charge in [0.05, 0.1) is 0 Å². The maximum absolute atomic E-state index is 5.31. The maximum Gasteiger partial charge on any atom is 0.238 e. The van der Waals surface area contributed by atoms with Crippen LogP contribution in [0.25, 0.3) is 0 Å². The fourth-order valence-corrected chi connectivity index (χ4v) is 2.30. The van der Waals surface area contributed by atoms with Crippen molar-refractivity contribution in [3.8, 4) is 0 Å². The zero-order valence-corrected chi connectivity index (χ0v) is 10.6. The topological polar surface area (TPSA) is 63.8 Å². The molecule has 0 unspecified atom stereocenters. The van der Waals surface area contributed by atoms with E-state index in [0.717, 1.165) is 10.6 Å². The lowest BCUT2D eigenvalue weighted by molar-refractivity contribution is 0.991. The van der Waals surface area contributed by atoms with Gasteiger partial charge in [0.25, 0.3) is 0 Å². The Morgan fingerprint density at radius 2 is 1.94 bits per heavy atom. The quantitative estimate of drug-likeness (QED) is 0.495. The fourth-order valence-electron chi connectivity index (χ4n) is 1.37. The minimum absolute atomic E-state index is 0.437. The average molecular weight is 246 g/mol. The summed E-state index contributed by atoms with van der Waals surface area (Å²) in [5.41, 5.74) is 4.73. The van der Waals surface area contributed by atoms with Crippen LogP contribution in [0.2, 0.25) is 0 Å². The predicted octanol–water partition coefficient (Wildman–Crippen LogP) is 2.53. The number of nitrogens with two attached hydrogens (primary N) is 1. The van der Waals surface area contributed by atoms with Crippen LogP contribution in [0, 0.1) is 13.8 Å². The van der Waals surface area contributed by atoms with Gasteiger partial charge in [-0.05, 0) is 25.5 Å². The van der Waals surface area contributed by atoms with Crippen LogP contribution in [-0.2, 0) is 0 Å². The molecule has 0 saturated heterocycles. The van der Waals surface area contributed by atoms with Crippen molar-refractivity contribution in [2.24, 2.45) is 5.84 Å². The van der Waals surface area contributed by atoms with Gasteiger partial charge in [-0.1, -0.05) is 30.0 Å². The van der Waals surface area contributed by atoms with Gasteiger partial charge in [-0.15, -0.1) is 0 Å². The predicted molar refractivity (Wildman–Crippen MR) is 69.9 cm³/mol. The summed E-state index contributed by atoms with van der Waals surface area (Å²) in [6.07, 6.45) is 1.77. The Kier molecular flexibility index (Phi) is 3.61. The molecule has 4 nitrogen and oxygen atoms in total.